The molecular weight excluding hydrogens is 156 g/mol. The van der Waals surface area contributed by atoms with Crippen molar-refractivity contribution in [2.75, 3.05) is 5.73 Å². The molecule has 0 unspecified atom stereocenters. The Morgan fingerprint density at radius 3 is 2.83 bits per heavy atom. The summed E-state index contributed by atoms with van der Waals surface area (Å²) in [5, 5.41) is 8.71. The lowest BCUT2D eigenvalue weighted by molar-refractivity contribution is 0.0692. The van der Waals surface area contributed by atoms with Crippen molar-refractivity contribution in [2.45, 2.75) is 19.3 Å². The average molecular weight is 166 g/mol. The van der Waals surface area contributed by atoms with E-state index < -0.39 is 5.97 Å². The molecule has 0 bridgehead atoms. The minimum Gasteiger partial charge on any atom is -0.477 e. The highest BCUT2D eigenvalue weighted by atomic mass is 16.4. The third-order valence-corrected chi connectivity index (χ3v) is 2.30. The van der Waals surface area contributed by atoms with E-state index in [2.05, 4.69) is 4.98 Å². The van der Waals surface area contributed by atoms with Gasteiger partial charge in [-0.25, -0.2) is 4.79 Å². The molecule has 4 nitrogen and oxygen atoms in total. The summed E-state index contributed by atoms with van der Waals surface area (Å²) in [6, 6.07) is 0. The summed E-state index contributed by atoms with van der Waals surface area (Å²) in [5.41, 5.74) is 8.23. The Kier molecular flexibility index (Phi) is 1.36. The van der Waals surface area contributed by atoms with Gasteiger partial charge in [0, 0.05) is 5.69 Å². The normalized spacial score (nSPS) is 14.7. The molecule has 4 N–H and O–H groups in total. The number of H-pyrrole nitrogens is 1. The van der Waals surface area contributed by atoms with E-state index in [9.17, 15) is 4.79 Å². The number of aromatic carboxylic acids is 1. The number of hydrogen-bond acceptors (Lipinski definition) is 2. The van der Waals surface area contributed by atoms with Crippen molar-refractivity contribution in [2.24, 2.45) is 0 Å². The standard InChI is InChI=1S/C8H10N2O2/c9-6-4-2-1-3-5(4)10-7(6)8(11)12/h10H,1-3,9H2,(H,11,12). The molecule has 1 aliphatic rings. The molecule has 1 aliphatic carbocycles. The first-order valence-corrected chi connectivity index (χ1v) is 3.92. The number of carbonyl (C=O) groups is 1. The molecule has 0 radical (unpaired) electrons. The Morgan fingerprint density at radius 2 is 2.25 bits per heavy atom. The van der Waals surface area contributed by atoms with Crippen LogP contribution in [0.2, 0.25) is 0 Å². The molecule has 0 amide bonds. The summed E-state index contributed by atoms with van der Waals surface area (Å²) in [5.74, 6) is -0.970. The van der Waals surface area contributed by atoms with Gasteiger partial charge in [-0.3, -0.25) is 0 Å². The number of carboxylic acids is 1. The molecule has 0 saturated carbocycles. The fourth-order valence-electron chi connectivity index (χ4n) is 1.72. The lowest BCUT2D eigenvalue weighted by Gasteiger charge is -1.93. The topological polar surface area (TPSA) is 79.1 Å². The Labute approximate surface area is 69.4 Å². The van der Waals surface area contributed by atoms with Gasteiger partial charge in [-0.15, -0.1) is 0 Å². The Balaban J connectivity index is 2.54. The summed E-state index contributed by atoms with van der Waals surface area (Å²) in [7, 11) is 0. The van der Waals surface area contributed by atoms with Gasteiger partial charge in [0.1, 0.15) is 5.69 Å². The minimum absolute atomic E-state index is 0.153. The third kappa shape index (κ3) is 0.809. The highest BCUT2D eigenvalue weighted by molar-refractivity contribution is 5.93. The van der Waals surface area contributed by atoms with Crippen LogP contribution in [0.1, 0.15) is 28.2 Å². The Bertz CT molecular complexity index is 341. The van der Waals surface area contributed by atoms with Crippen LogP contribution in [0.25, 0.3) is 0 Å². The second-order valence-corrected chi connectivity index (χ2v) is 3.03. The zero-order chi connectivity index (χ0) is 8.72. The zero-order valence-electron chi connectivity index (χ0n) is 6.55. The quantitative estimate of drug-likeness (QED) is 0.576. The van der Waals surface area contributed by atoms with E-state index in [-0.39, 0.29) is 5.69 Å². The number of anilines is 1. The van der Waals surface area contributed by atoms with Gasteiger partial charge in [-0.2, -0.15) is 0 Å². The molecule has 64 valence electrons. The first-order chi connectivity index (χ1) is 5.70. The van der Waals surface area contributed by atoms with Gasteiger partial charge in [-0.1, -0.05) is 0 Å². The van der Waals surface area contributed by atoms with Crippen molar-refractivity contribution in [1.82, 2.24) is 4.98 Å². The highest BCUT2D eigenvalue weighted by Crippen LogP contribution is 2.29. The lowest BCUT2D eigenvalue weighted by Crippen LogP contribution is -2.02. The molecule has 0 atom stereocenters. The maximum Gasteiger partial charge on any atom is 0.354 e. The molecule has 1 heterocycles. The summed E-state index contributed by atoms with van der Waals surface area (Å²) < 4.78 is 0. The number of nitrogens with two attached hydrogens (primary N) is 1. The van der Waals surface area contributed by atoms with Crippen molar-refractivity contribution in [3.8, 4) is 0 Å². The van der Waals surface area contributed by atoms with E-state index >= 15 is 0 Å². The van der Waals surface area contributed by atoms with E-state index in [1.807, 2.05) is 0 Å². The van der Waals surface area contributed by atoms with Gasteiger partial charge in [-0.05, 0) is 24.8 Å². The fraction of sp³-hybridized carbons (Fsp3) is 0.375. The van der Waals surface area contributed by atoms with Gasteiger partial charge in [0.05, 0.1) is 5.69 Å². The Morgan fingerprint density at radius 1 is 1.50 bits per heavy atom. The predicted molar refractivity (Wildman–Crippen MR) is 44.2 cm³/mol. The molecule has 0 aromatic carbocycles. The second kappa shape index (κ2) is 2.27. The summed E-state index contributed by atoms with van der Waals surface area (Å²) in [6.45, 7) is 0. The molecule has 4 heteroatoms. The van der Waals surface area contributed by atoms with Crippen LogP contribution in [-0.2, 0) is 12.8 Å². The van der Waals surface area contributed by atoms with Gasteiger partial charge in [0.2, 0.25) is 0 Å². The van der Waals surface area contributed by atoms with Crippen molar-refractivity contribution in [1.29, 1.82) is 0 Å². The maximum atomic E-state index is 10.6. The molecule has 1 aromatic heterocycles. The number of hydrogen-bond donors (Lipinski definition) is 3. The molecule has 1 aromatic rings. The van der Waals surface area contributed by atoms with Crippen LogP contribution in [0.4, 0.5) is 5.69 Å². The summed E-state index contributed by atoms with van der Waals surface area (Å²) in [6.07, 6.45) is 2.91. The first-order valence-electron chi connectivity index (χ1n) is 3.92. The molecule has 12 heavy (non-hydrogen) atoms. The van der Waals surface area contributed by atoms with E-state index in [1.54, 1.807) is 0 Å². The second-order valence-electron chi connectivity index (χ2n) is 3.03. The van der Waals surface area contributed by atoms with Crippen LogP contribution in [-0.4, -0.2) is 16.1 Å². The number of fused-ring (bicyclic) bond motifs is 1. The van der Waals surface area contributed by atoms with Gasteiger partial charge < -0.3 is 15.8 Å². The van der Waals surface area contributed by atoms with Gasteiger partial charge >= 0.3 is 5.97 Å². The highest BCUT2D eigenvalue weighted by Gasteiger charge is 2.22. The molecule has 2 rings (SSSR count). The molecule has 0 saturated heterocycles. The third-order valence-electron chi connectivity index (χ3n) is 2.30. The van der Waals surface area contributed by atoms with Crippen LogP contribution >= 0.6 is 0 Å². The molecular formula is C8H10N2O2. The van der Waals surface area contributed by atoms with Crippen LogP contribution < -0.4 is 5.73 Å². The van der Waals surface area contributed by atoms with Crippen molar-refractivity contribution < 1.29 is 9.90 Å². The monoisotopic (exact) mass is 166 g/mol. The maximum absolute atomic E-state index is 10.6. The average Bonchev–Trinajstić information content (AvgIpc) is 2.53. The number of nitrogens with one attached hydrogen (secondary N) is 1. The largest absolute Gasteiger partial charge is 0.477 e. The number of rotatable bonds is 1. The molecule has 0 fully saturated rings. The summed E-state index contributed by atoms with van der Waals surface area (Å²) in [4.78, 5) is 13.5. The van der Waals surface area contributed by atoms with Crippen molar-refractivity contribution in [3.63, 3.8) is 0 Å². The number of carboxylic acid groups (broad SMARTS) is 1. The minimum atomic E-state index is -0.970. The predicted octanol–water partition coefficient (Wildman–Crippen LogP) is 0.784. The first kappa shape index (κ1) is 7.21. The molecule has 0 aliphatic heterocycles. The van der Waals surface area contributed by atoms with Gasteiger partial charge in [0.15, 0.2) is 0 Å². The van der Waals surface area contributed by atoms with Crippen molar-refractivity contribution in [3.05, 3.63) is 17.0 Å². The van der Waals surface area contributed by atoms with E-state index in [1.165, 1.54) is 0 Å². The molecule has 0 spiro atoms. The smallest absolute Gasteiger partial charge is 0.354 e. The lowest BCUT2D eigenvalue weighted by atomic mass is 10.2. The van der Waals surface area contributed by atoms with Crippen LogP contribution in [0.3, 0.4) is 0 Å². The van der Waals surface area contributed by atoms with Crippen LogP contribution in [0, 0.1) is 0 Å². The van der Waals surface area contributed by atoms with E-state index in [0.717, 1.165) is 30.5 Å². The van der Waals surface area contributed by atoms with Crippen LogP contribution in [0.15, 0.2) is 0 Å². The van der Waals surface area contributed by atoms with Crippen molar-refractivity contribution >= 4 is 11.7 Å². The number of aromatic amines is 1. The number of aryl methyl sites for hydroxylation is 1. The zero-order valence-corrected chi connectivity index (χ0v) is 6.55. The van der Waals surface area contributed by atoms with E-state index in [4.69, 9.17) is 10.8 Å². The van der Waals surface area contributed by atoms with Gasteiger partial charge in [0.25, 0.3) is 0 Å². The summed E-state index contributed by atoms with van der Waals surface area (Å²) >= 11 is 0. The number of nitrogen functional groups attached to an aromatic ring is 1. The van der Waals surface area contributed by atoms with E-state index in [0.29, 0.717) is 5.69 Å². The van der Waals surface area contributed by atoms with Crippen LogP contribution in [0.5, 0.6) is 0 Å². The SMILES string of the molecule is Nc1c(C(=O)O)[nH]c2c1CCC2. The number of aromatic nitrogens is 1. The Hall–Kier alpha value is -1.45. The fourth-order valence-corrected chi connectivity index (χ4v) is 1.72.